The molecular formula is C19H29N3O. The van der Waals surface area contributed by atoms with Crippen LogP contribution in [-0.2, 0) is 4.79 Å². The monoisotopic (exact) mass is 315 g/mol. The summed E-state index contributed by atoms with van der Waals surface area (Å²) >= 11 is 0. The third kappa shape index (κ3) is 3.86. The number of rotatable bonds is 4. The number of benzene rings is 1. The van der Waals surface area contributed by atoms with E-state index in [0.29, 0.717) is 18.0 Å². The van der Waals surface area contributed by atoms with Gasteiger partial charge in [-0.2, -0.15) is 0 Å². The van der Waals surface area contributed by atoms with Gasteiger partial charge in [0.05, 0.1) is 6.04 Å². The Bertz CT molecular complexity index is 509. The molecule has 2 heterocycles. The van der Waals surface area contributed by atoms with Gasteiger partial charge >= 0.3 is 0 Å². The van der Waals surface area contributed by atoms with Gasteiger partial charge in [0.2, 0.25) is 5.91 Å². The maximum atomic E-state index is 12.8. The molecule has 0 aromatic heterocycles. The van der Waals surface area contributed by atoms with Crippen molar-refractivity contribution < 1.29 is 4.79 Å². The zero-order valence-corrected chi connectivity index (χ0v) is 14.4. The van der Waals surface area contributed by atoms with Crippen LogP contribution in [0, 0.1) is 0 Å². The van der Waals surface area contributed by atoms with Gasteiger partial charge in [0.15, 0.2) is 0 Å². The lowest BCUT2D eigenvalue weighted by molar-refractivity contribution is -0.137. The summed E-state index contributed by atoms with van der Waals surface area (Å²) in [6, 6.07) is 11.4. The van der Waals surface area contributed by atoms with E-state index in [0.717, 1.165) is 45.3 Å². The summed E-state index contributed by atoms with van der Waals surface area (Å²) in [6.45, 7) is 7.22. The second kappa shape index (κ2) is 7.35. The molecule has 3 rings (SSSR count). The summed E-state index contributed by atoms with van der Waals surface area (Å²) in [4.78, 5) is 17.3. The summed E-state index contributed by atoms with van der Waals surface area (Å²) in [6.07, 6.45) is 4.25. The Kier molecular flexibility index (Phi) is 5.21. The highest BCUT2D eigenvalue weighted by Crippen LogP contribution is 2.24. The second-order valence-corrected chi connectivity index (χ2v) is 7.10. The fourth-order valence-electron chi connectivity index (χ4n) is 3.90. The van der Waals surface area contributed by atoms with Gasteiger partial charge in [-0.3, -0.25) is 9.69 Å². The highest BCUT2D eigenvalue weighted by Gasteiger charge is 2.36. The van der Waals surface area contributed by atoms with Crippen molar-refractivity contribution >= 4 is 11.6 Å². The Morgan fingerprint density at radius 2 is 1.78 bits per heavy atom. The van der Waals surface area contributed by atoms with Gasteiger partial charge in [-0.1, -0.05) is 18.2 Å². The topological polar surface area (TPSA) is 35.6 Å². The molecule has 1 amide bonds. The van der Waals surface area contributed by atoms with E-state index in [9.17, 15) is 4.79 Å². The van der Waals surface area contributed by atoms with Gasteiger partial charge in [0, 0.05) is 30.9 Å². The minimum atomic E-state index is 0.119. The van der Waals surface area contributed by atoms with E-state index >= 15 is 0 Å². The molecule has 1 aromatic carbocycles. The first-order valence-electron chi connectivity index (χ1n) is 9.01. The number of nitrogens with zero attached hydrogens (tertiary/aromatic N) is 2. The van der Waals surface area contributed by atoms with Crippen molar-refractivity contribution in [3.05, 3.63) is 30.3 Å². The number of anilines is 1. The number of para-hydroxylation sites is 1. The molecule has 2 aliphatic rings. The lowest BCUT2D eigenvalue weighted by Gasteiger charge is -2.37. The lowest BCUT2D eigenvalue weighted by atomic mass is 10.0. The zero-order chi connectivity index (χ0) is 16.2. The number of carbonyl (C=O) groups is 1. The van der Waals surface area contributed by atoms with Gasteiger partial charge in [-0.15, -0.1) is 0 Å². The molecule has 2 saturated heterocycles. The number of hydrogen-bond donors (Lipinski definition) is 1. The van der Waals surface area contributed by atoms with Crippen molar-refractivity contribution in [2.75, 3.05) is 25.0 Å². The van der Waals surface area contributed by atoms with E-state index in [2.05, 4.69) is 53.2 Å². The van der Waals surface area contributed by atoms with Crippen molar-refractivity contribution in [1.29, 1.82) is 0 Å². The Labute approximate surface area is 139 Å². The molecule has 0 saturated carbocycles. The molecule has 4 heteroatoms. The van der Waals surface area contributed by atoms with Crippen molar-refractivity contribution in [2.24, 2.45) is 0 Å². The molecule has 23 heavy (non-hydrogen) atoms. The molecule has 0 aliphatic carbocycles. The molecule has 1 unspecified atom stereocenters. The third-order valence-electron chi connectivity index (χ3n) is 5.19. The highest BCUT2D eigenvalue weighted by molar-refractivity contribution is 5.82. The standard InChI is InChI=1S/C19H29N3O/c1-15(2)22-12-6-9-18(22)19(23)21-13-10-17(11-14-21)20-16-7-4-3-5-8-16/h3-5,7-8,15,17-18,20H,6,9-14H2,1-2H3. The van der Waals surface area contributed by atoms with Crippen molar-refractivity contribution in [2.45, 2.75) is 57.7 Å². The number of hydrogen-bond acceptors (Lipinski definition) is 3. The molecule has 126 valence electrons. The smallest absolute Gasteiger partial charge is 0.239 e. The van der Waals surface area contributed by atoms with E-state index in [1.54, 1.807) is 0 Å². The van der Waals surface area contributed by atoms with E-state index in [4.69, 9.17) is 0 Å². The Balaban J connectivity index is 1.51. The van der Waals surface area contributed by atoms with Crippen molar-refractivity contribution in [3.63, 3.8) is 0 Å². The van der Waals surface area contributed by atoms with Crippen molar-refractivity contribution in [1.82, 2.24) is 9.80 Å². The Morgan fingerprint density at radius 1 is 1.09 bits per heavy atom. The SMILES string of the molecule is CC(C)N1CCCC1C(=O)N1CCC(Nc2ccccc2)CC1. The first-order valence-corrected chi connectivity index (χ1v) is 9.01. The third-order valence-corrected chi connectivity index (χ3v) is 5.19. The molecule has 1 aromatic rings. The number of amides is 1. The lowest BCUT2D eigenvalue weighted by Crippen LogP contribution is -2.51. The molecule has 0 bridgehead atoms. The maximum absolute atomic E-state index is 12.8. The van der Waals surface area contributed by atoms with Crippen molar-refractivity contribution in [3.8, 4) is 0 Å². The Morgan fingerprint density at radius 3 is 2.43 bits per heavy atom. The van der Waals surface area contributed by atoms with Crippen LogP contribution in [0.5, 0.6) is 0 Å². The van der Waals surface area contributed by atoms with Crippen LogP contribution in [0.3, 0.4) is 0 Å². The van der Waals surface area contributed by atoms with Crippen LogP contribution in [0.2, 0.25) is 0 Å². The van der Waals surface area contributed by atoms with Gasteiger partial charge in [0.25, 0.3) is 0 Å². The van der Waals surface area contributed by atoms with E-state index < -0.39 is 0 Å². The summed E-state index contributed by atoms with van der Waals surface area (Å²) in [7, 11) is 0. The Hall–Kier alpha value is -1.55. The van der Waals surface area contributed by atoms with Crippen LogP contribution in [0.25, 0.3) is 0 Å². The summed E-state index contributed by atoms with van der Waals surface area (Å²) < 4.78 is 0. The van der Waals surface area contributed by atoms with Crippen LogP contribution < -0.4 is 5.32 Å². The highest BCUT2D eigenvalue weighted by atomic mass is 16.2. The van der Waals surface area contributed by atoms with E-state index in [1.165, 1.54) is 5.69 Å². The average molecular weight is 315 g/mol. The fraction of sp³-hybridized carbons (Fsp3) is 0.632. The number of likely N-dealkylation sites (tertiary alicyclic amines) is 2. The van der Waals surface area contributed by atoms with Gasteiger partial charge < -0.3 is 10.2 Å². The number of nitrogens with one attached hydrogen (secondary N) is 1. The summed E-state index contributed by atoms with van der Waals surface area (Å²) in [5.74, 6) is 0.356. The van der Waals surface area contributed by atoms with Crippen LogP contribution in [0.4, 0.5) is 5.69 Å². The molecule has 2 aliphatic heterocycles. The van der Waals surface area contributed by atoms with Gasteiger partial charge in [0.1, 0.15) is 0 Å². The molecule has 0 radical (unpaired) electrons. The second-order valence-electron chi connectivity index (χ2n) is 7.10. The van der Waals surface area contributed by atoms with Crippen LogP contribution in [0.15, 0.2) is 30.3 Å². The zero-order valence-electron chi connectivity index (χ0n) is 14.4. The quantitative estimate of drug-likeness (QED) is 0.928. The number of piperidine rings is 1. The fourth-order valence-corrected chi connectivity index (χ4v) is 3.90. The minimum Gasteiger partial charge on any atom is -0.382 e. The normalized spacial score (nSPS) is 23.4. The molecule has 1 N–H and O–H groups in total. The molecular weight excluding hydrogens is 286 g/mol. The average Bonchev–Trinajstić information content (AvgIpc) is 3.06. The van der Waals surface area contributed by atoms with Crippen LogP contribution in [-0.4, -0.2) is 53.5 Å². The maximum Gasteiger partial charge on any atom is 0.239 e. The van der Waals surface area contributed by atoms with Crippen LogP contribution >= 0.6 is 0 Å². The molecule has 4 nitrogen and oxygen atoms in total. The molecule has 2 fully saturated rings. The number of carbonyl (C=O) groups excluding carboxylic acids is 1. The van der Waals surface area contributed by atoms with E-state index in [1.807, 2.05) is 6.07 Å². The molecule has 1 atom stereocenters. The van der Waals surface area contributed by atoms with Crippen LogP contribution in [0.1, 0.15) is 39.5 Å². The van der Waals surface area contributed by atoms with Gasteiger partial charge in [-0.25, -0.2) is 0 Å². The van der Waals surface area contributed by atoms with E-state index in [-0.39, 0.29) is 6.04 Å². The largest absolute Gasteiger partial charge is 0.382 e. The summed E-state index contributed by atoms with van der Waals surface area (Å²) in [5.41, 5.74) is 1.18. The first kappa shape index (κ1) is 16.3. The minimum absolute atomic E-state index is 0.119. The first-order chi connectivity index (χ1) is 11.1. The predicted molar refractivity (Wildman–Crippen MR) is 94.5 cm³/mol. The summed E-state index contributed by atoms with van der Waals surface area (Å²) in [5, 5.41) is 3.59. The molecule has 0 spiro atoms. The predicted octanol–water partition coefficient (Wildman–Crippen LogP) is 2.96. The van der Waals surface area contributed by atoms with Gasteiger partial charge in [-0.05, 0) is 58.2 Å².